The summed E-state index contributed by atoms with van der Waals surface area (Å²) in [4.78, 5) is 25.0. The molecule has 0 radical (unpaired) electrons. The van der Waals surface area contributed by atoms with E-state index in [-0.39, 0.29) is 18.5 Å². The number of hydrogen-bond acceptors (Lipinski definition) is 3. The molecule has 0 fully saturated rings. The molecule has 0 saturated heterocycles. The van der Waals surface area contributed by atoms with E-state index < -0.39 is 0 Å². The van der Waals surface area contributed by atoms with Gasteiger partial charge in [-0.2, -0.15) is 0 Å². The van der Waals surface area contributed by atoms with Crippen LogP contribution in [0.4, 0.5) is 10.5 Å². The maximum absolute atomic E-state index is 11.9. The number of unbranched alkanes of at least 4 members (excludes halogenated alkanes) is 2. The molecule has 2 N–H and O–H groups in total. The van der Waals surface area contributed by atoms with E-state index in [1.165, 1.54) is 4.90 Å². The molecule has 0 atom stereocenters. The van der Waals surface area contributed by atoms with Crippen molar-refractivity contribution < 1.29 is 14.3 Å². The van der Waals surface area contributed by atoms with Crippen molar-refractivity contribution in [1.29, 1.82) is 0 Å². The Morgan fingerprint density at radius 1 is 1.22 bits per heavy atom. The first-order valence-electron chi connectivity index (χ1n) is 7.92. The minimum absolute atomic E-state index is 0.0662. The first-order chi connectivity index (χ1) is 10.9. The predicted molar refractivity (Wildman–Crippen MR) is 91.9 cm³/mol. The van der Waals surface area contributed by atoms with Crippen LogP contribution in [0.5, 0.6) is 5.75 Å². The van der Waals surface area contributed by atoms with Crippen molar-refractivity contribution in [2.45, 2.75) is 33.1 Å². The van der Waals surface area contributed by atoms with Crippen molar-refractivity contribution in [2.24, 2.45) is 0 Å². The van der Waals surface area contributed by atoms with Gasteiger partial charge in [-0.3, -0.25) is 4.79 Å². The summed E-state index contributed by atoms with van der Waals surface area (Å²) in [5.41, 5.74) is 1.54. The highest BCUT2D eigenvalue weighted by Crippen LogP contribution is 2.25. The molecular formula is C17H27N3O3. The van der Waals surface area contributed by atoms with Crippen LogP contribution in [-0.4, -0.2) is 44.1 Å². The second-order valence-electron chi connectivity index (χ2n) is 5.66. The van der Waals surface area contributed by atoms with Crippen molar-refractivity contribution >= 4 is 17.6 Å². The summed E-state index contributed by atoms with van der Waals surface area (Å²) in [6, 6.07) is 5.19. The first kappa shape index (κ1) is 18.8. The van der Waals surface area contributed by atoms with Gasteiger partial charge in [-0.05, 0) is 31.0 Å². The number of aryl methyl sites for hydroxylation is 1. The van der Waals surface area contributed by atoms with Gasteiger partial charge < -0.3 is 20.3 Å². The van der Waals surface area contributed by atoms with E-state index in [9.17, 15) is 9.59 Å². The van der Waals surface area contributed by atoms with Crippen LogP contribution in [0.3, 0.4) is 0 Å². The highest BCUT2D eigenvalue weighted by atomic mass is 16.5. The second kappa shape index (κ2) is 9.71. The molecule has 0 heterocycles. The molecule has 128 valence electrons. The quantitative estimate of drug-likeness (QED) is 0.723. The monoisotopic (exact) mass is 321 g/mol. The van der Waals surface area contributed by atoms with Gasteiger partial charge >= 0.3 is 6.03 Å². The van der Waals surface area contributed by atoms with E-state index in [1.807, 2.05) is 13.0 Å². The fraction of sp³-hybridized carbons (Fsp3) is 0.529. The number of urea groups is 1. The van der Waals surface area contributed by atoms with Crippen molar-refractivity contribution in [3.8, 4) is 5.75 Å². The number of hydrogen-bond donors (Lipinski definition) is 2. The molecule has 0 aliphatic carbocycles. The molecule has 23 heavy (non-hydrogen) atoms. The molecule has 0 unspecified atom stereocenters. The summed E-state index contributed by atoms with van der Waals surface area (Å²) < 4.78 is 5.55. The number of amides is 3. The minimum Gasteiger partial charge on any atom is -0.482 e. The number of nitrogens with one attached hydrogen (secondary N) is 2. The Labute approximate surface area is 138 Å². The highest BCUT2D eigenvalue weighted by Gasteiger charge is 2.11. The van der Waals surface area contributed by atoms with Crippen LogP contribution in [0, 0.1) is 6.92 Å². The van der Waals surface area contributed by atoms with Gasteiger partial charge in [0.05, 0.1) is 5.69 Å². The van der Waals surface area contributed by atoms with Gasteiger partial charge in [-0.15, -0.1) is 0 Å². The molecule has 6 nitrogen and oxygen atoms in total. The molecule has 6 heteroatoms. The average Bonchev–Trinajstić information content (AvgIpc) is 2.51. The van der Waals surface area contributed by atoms with Gasteiger partial charge in [0.25, 0.3) is 5.91 Å². The van der Waals surface area contributed by atoms with Gasteiger partial charge in [0.1, 0.15) is 5.75 Å². The van der Waals surface area contributed by atoms with E-state index in [2.05, 4.69) is 17.6 Å². The summed E-state index contributed by atoms with van der Waals surface area (Å²) in [5.74, 6) is 0.352. The zero-order chi connectivity index (χ0) is 17.2. The number of carbonyl (C=O) groups is 2. The second-order valence-corrected chi connectivity index (χ2v) is 5.66. The predicted octanol–water partition coefficient (Wildman–Crippen LogP) is 2.77. The molecular weight excluding hydrogens is 294 g/mol. The summed E-state index contributed by atoms with van der Waals surface area (Å²) in [7, 11) is 3.34. The van der Waals surface area contributed by atoms with Crippen LogP contribution < -0.4 is 15.4 Å². The molecule has 0 bridgehead atoms. The zero-order valence-electron chi connectivity index (χ0n) is 14.4. The summed E-state index contributed by atoms with van der Waals surface area (Å²) in [6.45, 7) is 4.62. The molecule has 3 amide bonds. The average molecular weight is 321 g/mol. The van der Waals surface area contributed by atoms with Gasteiger partial charge in [0, 0.05) is 20.6 Å². The fourth-order valence-corrected chi connectivity index (χ4v) is 1.86. The summed E-state index contributed by atoms with van der Waals surface area (Å²) in [5, 5.41) is 5.58. The Bertz CT molecular complexity index is 530. The normalized spacial score (nSPS) is 10.1. The van der Waals surface area contributed by atoms with Crippen LogP contribution in [0.15, 0.2) is 18.2 Å². The lowest BCUT2D eigenvalue weighted by atomic mass is 10.2. The minimum atomic E-state index is -0.270. The van der Waals surface area contributed by atoms with E-state index in [4.69, 9.17) is 4.74 Å². The number of anilines is 1. The lowest BCUT2D eigenvalue weighted by Crippen LogP contribution is -2.30. The number of likely N-dealkylation sites (N-methyl/N-ethyl adjacent to an activating group) is 1. The molecule has 0 aliphatic heterocycles. The SMILES string of the molecule is CCCCCNC(=O)Nc1ccc(C)cc1OCC(=O)N(C)C. The number of nitrogens with zero attached hydrogens (tertiary/aromatic N) is 1. The fourth-order valence-electron chi connectivity index (χ4n) is 1.86. The van der Waals surface area contributed by atoms with Crippen molar-refractivity contribution in [1.82, 2.24) is 10.2 Å². The molecule has 1 aromatic rings. The number of ether oxygens (including phenoxy) is 1. The number of benzene rings is 1. The Kier molecular flexibility index (Phi) is 7.94. The molecule has 0 aliphatic rings. The van der Waals surface area contributed by atoms with E-state index in [0.29, 0.717) is 18.0 Å². The third-order valence-electron chi connectivity index (χ3n) is 3.30. The van der Waals surface area contributed by atoms with E-state index >= 15 is 0 Å². The van der Waals surface area contributed by atoms with Crippen LogP contribution in [-0.2, 0) is 4.79 Å². The van der Waals surface area contributed by atoms with Crippen LogP contribution in [0.25, 0.3) is 0 Å². The number of rotatable bonds is 8. The van der Waals surface area contributed by atoms with Crippen molar-refractivity contribution in [3.05, 3.63) is 23.8 Å². The third kappa shape index (κ3) is 7.04. The standard InChI is InChI=1S/C17H27N3O3/c1-5-6-7-10-18-17(22)19-14-9-8-13(2)11-15(14)23-12-16(21)20(3)4/h8-9,11H,5-7,10,12H2,1-4H3,(H2,18,19,22). The smallest absolute Gasteiger partial charge is 0.319 e. The maximum atomic E-state index is 11.9. The Morgan fingerprint density at radius 3 is 2.61 bits per heavy atom. The van der Waals surface area contributed by atoms with E-state index in [0.717, 1.165) is 24.8 Å². The largest absolute Gasteiger partial charge is 0.482 e. The summed E-state index contributed by atoms with van der Waals surface area (Å²) >= 11 is 0. The molecule has 1 rings (SSSR count). The van der Waals surface area contributed by atoms with Crippen molar-refractivity contribution in [2.75, 3.05) is 32.6 Å². The lowest BCUT2D eigenvalue weighted by molar-refractivity contribution is -0.130. The van der Waals surface area contributed by atoms with Gasteiger partial charge in [0.2, 0.25) is 0 Å². The zero-order valence-corrected chi connectivity index (χ0v) is 14.4. The molecule has 0 spiro atoms. The van der Waals surface area contributed by atoms with Crippen LogP contribution >= 0.6 is 0 Å². The molecule has 0 saturated carbocycles. The maximum Gasteiger partial charge on any atom is 0.319 e. The Morgan fingerprint density at radius 2 is 1.96 bits per heavy atom. The lowest BCUT2D eigenvalue weighted by Gasteiger charge is -2.15. The van der Waals surface area contributed by atoms with Gasteiger partial charge in [-0.25, -0.2) is 4.79 Å². The topological polar surface area (TPSA) is 70.7 Å². The van der Waals surface area contributed by atoms with E-state index in [1.54, 1.807) is 26.2 Å². The highest BCUT2D eigenvalue weighted by molar-refractivity contribution is 5.91. The third-order valence-corrected chi connectivity index (χ3v) is 3.30. The summed E-state index contributed by atoms with van der Waals surface area (Å²) in [6.07, 6.45) is 3.16. The van der Waals surface area contributed by atoms with Crippen LogP contribution in [0.2, 0.25) is 0 Å². The first-order valence-corrected chi connectivity index (χ1v) is 7.92. The van der Waals surface area contributed by atoms with Crippen molar-refractivity contribution in [3.63, 3.8) is 0 Å². The van der Waals surface area contributed by atoms with Gasteiger partial charge in [0.15, 0.2) is 6.61 Å². The molecule has 0 aromatic heterocycles. The molecule has 1 aromatic carbocycles. The number of carbonyl (C=O) groups excluding carboxylic acids is 2. The Hall–Kier alpha value is -2.24. The van der Waals surface area contributed by atoms with Gasteiger partial charge in [-0.1, -0.05) is 25.8 Å². The Balaban J connectivity index is 2.63. The van der Waals surface area contributed by atoms with Crippen LogP contribution in [0.1, 0.15) is 31.7 Å².